The molecule has 1 saturated heterocycles. The van der Waals surface area contributed by atoms with Crippen molar-refractivity contribution in [2.24, 2.45) is 0 Å². The van der Waals surface area contributed by atoms with Gasteiger partial charge >= 0.3 is 5.97 Å². The Hall–Kier alpha value is -2.42. The van der Waals surface area contributed by atoms with E-state index in [9.17, 15) is 9.59 Å². The molecule has 2 aromatic heterocycles. The molecule has 1 aromatic carbocycles. The minimum Gasteiger partial charge on any atom is -0.464 e. The lowest BCUT2D eigenvalue weighted by molar-refractivity contribution is -0.121. The molecule has 1 aliphatic heterocycles. The van der Waals surface area contributed by atoms with E-state index in [1.807, 2.05) is 28.7 Å². The third-order valence-corrected chi connectivity index (χ3v) is 6.72. The highest BCUT2D eigenvalue weighted by Crippen LogP contribution is 2.37. The highest BCUT2D eigenvalue weighted by Gasteiger charge is 2.31. The molecule has 0 N–H and O–H groups in total. The van der Waals surface area contributed by atoms with Gasteiger partial charge in [0.05, 0.1) is 22.2 Å². The van der Waals surface area contributed by atoms with Crippen LogP contribution in [0.5, 0.6) is 0 Å². The molecular formula is C19H14N2O3S3. The van der Waals surface area contributed by atoms with Crippen molar-refractivity contribution in [3.63, 3.8) is 0 Å². The summed E-state index contributed by atoms with van der Waals surface area (Å²) in [6, 6.07) is 9.59. The van der Waals surface area contributed by atoms with E-state index in [0.29, 0.717) is 21.5 Å². The van der Waals surface area contributed by atoms with E-state index in [4.69, 9.17) is 17.0 Å². The molecule has 0 spiro atoms. The lowest BCUT2D eigenvalue weighted by Gasteiger charge is -2.10. The summed E-state index contributed by atoms with van der Waals surface area (Å²) in [7, 11) is 1.36. The maximum atomic E-state index is 12.6. The van der Waals surface area contributed by atoms with E-state index in [1.165, 1.54) is 23.8 Å². The lowest BCUT2D eigenvalue weighted by atomic mass is 10.2. The standard InChI is InChI=1S/C19H14N2O3S3/c1-3-8-20-16(22)15(27-19(20)25)10-11-9-13(18(23)24-2)21-12-6-4-5-7-14(12)26-17(11)21/h3-7,9-10H,1,8H2,2H3/b15-10-. The van der Waals surface area contributed by atoms with Crippen LogP contribution in [0.2, 0.25) is 0 Å². The van der Waals surface area contributed by atoms with E-state index in [1.54, 1.807) is 29.6 Å². The first-order valence-electron chi connectivity index (χ1n) is 8.02. The number of hydrogen-bond donors (Lipinski definition) is 0. The zero-order chi connectivity index (χ0) is 19.1. The molecule has 5 nitrogen and oxygen atoms in total. The van der Waals surface area contributed by atoms with Gasteiger partial charge in [0.15, 0.2) is 0 Å². The Morgan fingerprint density at radius 2 is 2.15 bits per heavy atom. The SMILES string of the molecule is C=CCN1C(=O)/C(=C/c2cc(C(=O)OC)n3c2sc2ccccc23)SC1=S. The summed E-state index contributed by atoms with van der Waals surface area (Å²) in [5.41, 5.74) is 2.14. The summed E-state index contributed by atoms with van der Waals surface area (Å²) in [4.78, 5) is 27.8. The Morgan fingerprint density at radius 3 is 2.89 bits per heavy atom. The second kappa shape index (κ2) is 6.95. The molecule has 4 rings (SSSR count). The van der Waals surface area contributed by atoms with Crippen LogP contribution < -0.4 is 0 Å². The van der Waals surface area contributed by atoms with Crippen LogP contribution in [0.3, 0.4) is 0 Å². The molecule has 8 heteroatoms. The van der Waals surface area contributed by atoms with Crippen LogP contribution in [0, 0.1) is 0 Å². The van der Waals surface area contributed by atoms with Crippen molar-refractivity contribution in [1.29, 1.82) is 0 Å². The smallest absolute Gasteiger partial charge is 0.355 e. The van der Waals surface area contributed by atoms with Gasteiger partial charge in [0.25, 0.3) is 5.91 Å². The van der Waals surface area contributed by atoms with E-state index in [2.05, 4.69) is 6.58 Å². The van der Waals surface area contributed by atoms with Crippen LogP contribution in [0.1, 0.15) is 16.1 Å². The fourth-order valence-electron chi connectivity index (χ4n) is 2.97. The Labute approximate surface area is 168 Å². The number of thioether (sulfide) groups is 1. The van der Waals surface area contributed by atoms with Gasteiger partial charge in [0.1, 0.15) is 14.8 Å². The molecule has 27 heavy (non-hydrogen) atoms. The monoisotopic (exact) mass is 414 g/mol. The number of hydrogen-bond acceptors (Lipinski definition) is 6. The van der Waals surface area contributed by atoms with Crippen molar-refractivity contribution in [3.05, 3.63) is 59.1 Å². The van der Waals surface area contributed by atoms with Gasteiger partial charge in [-0.05, 0) is 24.3 Å². The van der Waals surface area contributed by atoms with Crippen molar-refractivity contribution in [3.8, 4) is 0 Å². The number of carbonyl (C=O) groups excluding carboxylic acids is 2. The van der Waals surface area contributed by atoms with E-state index >= 15 is 0 Å². The van der Waals surface area contributed by atoms with Crippen LogP contribution >= 0.6 is 35.3 Å². The second-order valence-electron chi connectivity index (χ2n) is 5.77. The summed E-state index contributed by atoms with van der Waals surface area (Å²) in [5, 5.41) is 0. The van der Waals surface area contributed by atoms with Gasteiger partial charge in [-0.2, -0.15) is 0 Å². The molecule has 1 fully saturated rings. The van der Waals surface area contributed by atoms with Crippen molar-refractivity contribution in [1.82, 2.24) is 9.30 Å². The van der Waals surface area contributed by atoms with Gasteiger partial charge in [-0.25, -0.2) is 4.79 Å². The maximum Gasteiger partial charge on any atom is 0.355 e. The predicted molar refractivity (Wildman–Crippen MR) is 114 cm³/mol. The zero-order valence-electron chi connectivity index (χ0n) is 14.3. The average molecular weight is 415 g/mol. The van der Waals surface area contributed by atoms with Gasteiger partial charge in [-0.3, -0.25) is 14.1 Å². The molecule has 1 aliphatic rings. The molecular weight excluding hydrogens is 400 g/mol. The number of thiocarbonyl (C=S) groups is 1. The van der Waals surface area contributed by atoms with Gasteiger partial charge < -0.3 is 4.74 Å². The van der Waals surface area contributed by atoms with Crippen LogP contribution in [0.4, 0.5) is 0 Å². The molecule has 3 heterocycles. The van der Waals surface area contributed by atoms with Gasteiger partial charge in [0, 0.05) is 12.1 Å². The fraction of sp³-hybridized carbons (Fsp3) is 0.105. The average Bonchev–Trinajstić information content (AvgIpc) is 3.29. The molecule has 136 valence electrons. The number of methoxy groups -OCH3 is 1. The number of carbonyl (C=O) groups is 2. The molecule has 0 aliphatic carbocycles. The summed E-state index contributed by atoms with van der Waals surface area (Å²) >= 11 is 8.11. The molecule has 1 amide bonds. The topological polar surface area (TPSA) is 51.0 Å². The maximum absolute atomic E-state index is 12.6. The van der Waals surface area contributed by atoms with E-state index in [0.717, 1.165) is 20.6 Å². The molecule has 3 aromatic rings. The number of aromatic nitrogens is 1. The van der Waals surface area contributed by atoms with Gasteiger partial charge in [-0.15, -0.1) is 17.9 Å². The Balaban J connectivity index is 1.90. The summed E-state index contributed by atoms with van der Waals surface area (Å²) in [6.45, 7) is 4.04. The number of esters is 1. The number of fused-ring (bicyclic) bond motifs is 3. The minimum absolute atomic E-state index is 0.148. The highest BCUT2D eigenvalue weighted by molar-refractivity contribution is 8.26. The number of amides is 1. The first-order chi connectivity index (χ1) is 13.0. The van der Waals surface area contributed by atoms with Crippen molar-refractivity contribution < 1.29 is 14.3 Å². The largest absolute Gasteiger partial charge is 0.464 e. The Morgan fingerprint density at radius 1 is 1.37 bits per heavy atom. The molecule has 0 unspecified atom stereocenters. The summed E-state index contributed by atoms with van der Waals surface area (Å²) in [5.74, 6) is -0.572. The van der Waals surface area contributed by atoms with Crippen LogP contribution in [0.15, 0.2) is 47.9 Å². The van der Waals surface area contributed by atoms with Crippen molar-refractivity contribution in [2.45, 2.75) is 0 Å². The number of nitrogens with zero attached hydrogens (tertiary/aromatic N) is 2. The number of para-hydroxylation sites is 1. The fourth-order valence-corrected chi connectivity index (χ4v) is 5.38. The van der Waals surface area contributed by atoms with Crippen molar-refractivity contribution >= 4 is 72.6 Å². The van der Waals surface area contributed by atoms with Crippen LogP contribution in [-0.2, 0) is 9.53 Å². The third kappa shape index (κ3) is 2.90. The van der Waals surface area contributed by atoms with Gasteiger partial charge in [0.2, 0.25) is 0 Å². The second-order valence-corrected chi connectivity index (χ2v) is 8.47. The first-order valence-corrected chi connectivity index (χ1v) is 10.1. The minimum atomic E-state index is -0.424. The third-order valence-electron chi connectivity index (χ3n) is 4.16. The normalized spacial score (nSPS) is 16.0. The first kappa shape index (κ1) is 18.0. The number of benzene rings is 1. The number of rotatable bonds is 4. The van der Waals surface area contributed by atoms with Crippen LogP contribution in [0.25, 0.3) is 21.1 Å². The molecule has 0 saturated carbocycles. The number of ether oxygens (including phenoxy) is 1. The quantitative estimate of drug-likeness (QED) is 0.275. The highest BCUT2D eigenvalue weighted by atomic mass is 32.2. The predicted octanol–water partition coefficient (Wildman–Crippen LogP) is 4.33. The molecule has 0 radical (unpaired) electrons. The van der Waals surface area contributed by atoms with Crippen molar-refractivity contribution in [2.75, 3.05) is 13.7 Å². The summed E-state index contributed by atoms with van der Waals surface area (Å²) < 4.78 is 8.38. The van der Waals surface area contributed by atoms with Crippen LogP contribution in [-0.4, -0.2) is 39.2 Å². The lowest BCUT2D eigenvalue weighted by Crippen LogP contribution is -2.27. The van der Waals surface area contributed by atoms with Gasteiger partial charge in [-0.1, -0.05) is 42.2 Å². The van der Waals surface area contributed by atoms with E-state index in [-0.39, 0.29) is 5.91 Å². The number of thiazole rings is 1. The Kier molecular flexibility index (Phi) is 4.63. The summed E-state index contributed by atoms with van der Waals surface area (Å²) in [6.07, 6.45) is 3.44. The Bertz CT molecular complexity index is 1160. The van der Waals surface area contributed by atoms with E-state index < -0.39 is 5.97 Å². The molecule has 0 bridgehead atoms. The zero-order valence-corrected chi connectivity index (χ0v) is 16.7. The molecule has 0 atom stereocenters.